The summed E-state index contributed by atoms with van der Waals surface area (Å²) in [6.07, 6.45) is -4.67. The molecule has 1 N–H and O–H groups in total. The second-order valence-corrected chi connectivity index (χ2v) is 8.27. The molecular formula is C26H19ClF3NO5. The van der Waals surface area contributed by atoms with Gasteiger partial charge in [-0.05, 0) is 54.1 Å². The molecule has 1 fully saturated rings. The quantitative estimate of drug-likeness (QED) is 0.255. The summed E-state index contributed by atoms with van der Waals surface area (Å²) in [6, 6.07) is 13.4. The molecule has 0 radical (unpaired) electrons. The van der Waals surface area contributed by atoms with Gasteiger partial charge in [-0.25, -0.2) is 0 Å². The summed E-state index contributed by atoms with van der Waals surface area (Å²) in [7, 11) is 2.80. The molecule has 3 aromatic carbocycles. The standard InChI is InChI=1S/C26H19ClF3NO5/c1-35-18-9-6-14(7-10-18)22-21(23(32)19-13-16(27)8-11-20(19)36-2)24(33)25(34)31(22)17-5-3-4-15(12-17)26(28,29)30/h3-13,22,32H,1-2H3/b23-21+. The number of nitrogens with zero attached hydrogens (tertiary/aromatic N) is 1. The van der Waals surface area contributed by atoms with Gasteiger partial charge in [0.2, 0.25) is 0 Å². The van der Waals surface area contributed by atoms with Crippen LogP contribution in [0.5, 0.6) is 11.5 Å². The number of hydrogen-bond acceptors (Lipinski definition) is 5. The van der Waals surface area contributed by atoms with E-state index >= 15 is 0 Å². The SMILES string of the molecule is COc1ccc(C2/C(=C(\O)c3cc(Cl)ccc3OC)C(=O)C(=O)N2c2cccc(C(F)(F)F)c2)cc1. The van der Waals surface area contributed by atoms with Gasteiger partial charge in [-0.1, -0.05) is 29.8 Å². The number of ketones is 1. The van der Waals surface area contributed by atoms with Crippen LogP contribution in [0.2, 0.25) is 5.02 Å². The summed E-state index contributed by atoms with van der Waals surface area (Å²) in [4.78, 5) is 27.4. The topological polar surface area (TPSA) is 76.1 Å². The van der Waals surface area contributed by atoms with Crippen molar-refractivity contribution in [1.29, 1.82) is 0 Å². The maximum absolute atomic E-state index is 13.4. The molecule has 0 saturated carbocycles. The van der Waals surface area contributed by atoms with Crippen molar-refractivity contribution >= 4 is 34.7 Å². The van der Waals surface area contributed by atoms with E-state index in [4.69, 9.17) is 21.1 Å². The maximum atomic E-state index is 13.4. The number of benzene rings is 3. The largest absolute Gasteiger partial charge is 0.507 e. The van der Waals surface area contributed by atoms with Crippen molar-refractivity contribution in [2.24, 2.45) is 0 Å². The number of anilines is 1. The molecule has 6 nitrogen and oxygen atoms in total. The van der Waals surface area contributed by atoms with Crippen molar-refractivity contribution in [2.75, 3.05) is 19.1 Å². The minimum atomic E-state index is -4.67. The van der Waals surface area contributed by atoms with Crippen LogP contribution in [0, 0.1) is 0 Å². The van der Waals surface area contributed by atoms with Crippen molar-refractivity contribution in [1.82, 2.24) is 0 Å². The Labute approximate surface area is 209 Å². The number of Topliss-reactive ketones (excluding diaryl/α,β-unsaturated/α-hetero) is 1. The lowest BCUT2D eigenvalue weighted by molar-refractivity contribution is -0.137. The first kappa shape index (κ1) is 25.1. The third-order valence-electron chi connectivity index (χ3n) is 5.74. The molecule has 1 aliphatic rings. The van der Waals surface area contributed by atoms with Crippen LogP contribution in [0.4, 0.5) is 18.9 Å². The lowest BCUT2D eigenvalue weighted by Crippen LogP contribution is -2.29. The van der Waals surface area contributed by atoms with Crippen LogP contribution in [-0.4, -0.2) is 31.0 Å². The maximum Gasteiger partial charge on any atom is 0.416 e. The molecule has 186 valence electrons. The molecule has 1 heterocycles. The number of aliphatic hydroxyl groups excluding tert-OH is 1. The zero-order chi connectivity index (χ0) is 26.2. The molecule has 1 unspecified atom stereocenters. The fourth-order valence-electron chi connectivity index (χ4n) is 4.04. The Balaban J connectivity index is 1.98. The summed E-state index contributed by atoms with van der Waals surface area (Å²) < 4.78 is 50.7. The number of methoxy groups -OCH3 is 2. The minimum Gasteiger partial charge on any atom is -0.507 e. The molecule has 4 rings (SSSR count). The van der Waals surface area contributed by atoms with E-state index in [0.717, 1.165) is 23.1 Å². The number of alkyl halides is 3. The van der Waals surface area contributed by atoms with E-state index in [1.165, 1.54) is 38.5 Å². The van der Waals surface area contributed by atoms with Crippen LogP contribution in [0.3, 0.4) is 0 Å². The van der Waals surface area contributed by atoms with Gasteiger partial charge in [-0.3, -0.25) is 14.5 Å². The number of halogens is 4. The molecule has 1 saturated heterocycles. The predicted octanol–water partition coefficient (Wildman–Crippen LogP) is 6.00. The van der Waals surface area contributed by atoms with Gasteiger partial charge in [0.05, 0.1) is 37.0 Å². The number of carbonyl (C=O) groups excluding carboxylic acids is 2. The van der Waals surface area contributed by atoms with Gasteiger partial charge in [-0.15, -0.1) is 0 Å². The first-order valence-corrected chi connectivity index (χ1v) is 10.9. The summed E-state index contributed by atoms with van der Waals surface area (Å²) in [6.45, 7) is 0. The van der Waals surface area contributed by atoms with Gasteiger partial charge in [-0.2, -0.15) is 13.2 Å². The third-order valence-corrected chi connectivity index (χ3v) is 5.98. The van der Waals surface area contributed by atoms with Gasteiger partial charge in [0.15, 0.2) is 0 Å². The fraction of sp³-hybridized carbons (Fsp3) is 0.154. The van der Waals surface area contributed by atoms with E-state index in [1.807, 2.05) is 0 Å². The second kappa shape index (κ2) is 9.58. The summed E-state index contributed by atoms with van der Waals surface area (Å²) in [5.41, 5.74) is -1.08. The molecule has 0 bridgehead atoms. The molecule has 0 aliphatic carbocycles. The molecule has 1 amide bonds. The Morgan fingerprint density at radius 1 is 0.972 bits per heavy atom. The molecule has 0 spiro atoms. The Hall–Kier alpha value is -3.98. The van der Waals surface area contributed by atoms with E-state index in [-0.39, 0.29) is 27.6 Å². The first-order chi connectivity index (χ1) is 17.1. The van der Waals surface area contributed by atoms with E-state index in [0.29, 0.717) is 11.3 Å². The van der Waals surface area contributed by atoms with Crippen molar-refractivity contribution in [3.8, 4) is 11.5 Å². The highest BCUT2D eigenvalue weighted by molar-refractivity contribution is 6.51. The van der Waals surface area contributed by atoms with Gasteiger partial charge < -0.3 is 14.6 Å². The highest BCUT2D eigenvalue weighted by Crippen LogP contribution is 2.44. The Bertz CT molecular complexity index is 1370. The van der Waals surface area contributed by atoms with Crippen LogP contribution in [0.25, 0.3) is 5.76 Å². The lowest BCUT2D eigenvalue weighted by Gasteiger charge is -2.26. The summed E-state index contributed by atoms with van der Waals surface area (Å²) in [5.74, 6) is -2.10. The van der Waals surface area contributed by atoms with Crippen molar-refractivity contribution < 1.29 is 37.3 Å². The van der Waals surface area contributed by atoms with E-state index in [1.54, 1.807) is 24.3 Å². The van der Waals surface area contributed by atoms with Gasteiger partial charge in [0.1, 0.15) is 17.3 Å². The zero-order valence-corrected chi connectivity index (χ0v) is 19.7. The second-order valence-electron chi connectivity index (χ2n) is 7.83. The number of rotatable bonds is 5. The Morgan fingerprint density at radius 3 is 2.28 bits per heavy atom. The lowest BCUT2D eigenvalue weighted by atomic mass is 9.94. The number of ether oxygens (including phenoxy) is 2. The molecule has 1 aliphatic heterocycles. The summed E-state index contributed by atoms with van der Waals surface area (Å²) in [5, 5.41) is 11.5. The molecule has 36 heavy (non-hydrogen) atoms. The van der Waals surface area contributed by atoms with Gasteiger partial charge >= 0.3 is 6.18 Å². The van der Waals surface area contributed by atoms with Crippen LogP contribution < -0.4 is 14.4 Å². The predicted molar refractivity (Wildman–Crippen MR) is 127 cm³/mol. The van der Waals surface area contributed by atoms with Crippen LogP contribution >= 0.6 is 11.6 Å². The van der Waals surface area contributed by atoms with Crippen molar-refractivity contribution in [2.45, 2.75) is 12.2 Å². The van der Waals surface area contributed by atoms with E-state index < -0.39 is 35.2 Å². The molecular weight excluding hydrogens is 499 g/mol. The van der Waals surface area contributed by atoms with Crippen molar-refractivity contribution in [3.05, 3.63) is 94.0 Å². The number of carbonyl (C=O) groups is 2. The highest BCUT2D eigenvalue weighted by atomic mass is 35.5. The highest BCUT2D eigenvalue weighted by Gasteiger charge is 2.47. The average molecular weight is 518 g/mol. The van der Waals surface area contributed by atoms with Crippen LogP contribution in [0.1, 0.15) is 22.7 Å². The number of hydrogen-bond donors (Lipinski definition) is 1. The van der Waals surface area contributed by atoms with Crippen molar-refractivity contribution in [3.63, 3.8) is 0 Å². The Kier molecular flexibility index (Phi) is 6.69. The summed E-state index contributed by atoms with van der Waals surface area (Å²) >= 11 is 6.09. The molecule has 3 aromatic rings. The van der Waals surface area contributed by atoms with Crippen LogP contribution in [-0.2, 0) is 15.8 Å². The third kappa shape index (κ3) is 4.49. The number of amides is 1. The average Bonchev–Trinajstić information content (AvgIpc) is 3.13. The number of aliphatic hydroxyl groups is 1. The van der Waals surface area contributed by atoms with E-state index in [2.05, 4.69) is 0 Å². The van der Waals surface area contributed by atoms with Gasteiger partial charge in [0, 0.05) is 10.7 Å². The molecule has 0 aromatic heterocycles. The fourth-order valence-corrected chi connectivity index (χ4v) is 4.21. The normalized spacial score (nSPS) is 17.4. The Morgan fingerprint density at radius 2 is 1.67 bits per heavy atom. The van der Waals surface area contributed by atoms with Crippen LogP contribution in [0.15, 0.2) is 72.3 Å². The first-order valence-electron chi connectivity index (χ1n) is 10.5. The zero-order valence-electron chi connectivity index (χ0n) is 19.0. The molecule has 10 heteroatoms. The monoisotopic (exact) mass is 517 g/mol. The molecule has 1 atom stereocenters. The van der Waals surface area contributed by atoms with Gasteiger partial charge in [0.25, 0.3) is 11.7 Å². The smallest absolute Gasteiger partial charge is 0.416 e. The van der Waals surface area contributed by atoms with E-state index in [9.17, 15) is 27.9 Å². The minimum absolute atomic E-state index is 0.0468.